The molecule has 2 aliphatic heterocycles. The minimum Gasteiger partial charge on any atom is -0.754 e. The average molecular weight is 389 g/mol. The molecule has 0 radical (unpaired) electrons. The lowest BCUT2D eigenvalue weighted by atomic mass is 9.85. The van der Waals surface area contributed by atoms with Crippen LogP contribution in [0.15, 0.2) is 59.2 Å². The Labute approximate surface area is 168 Å². The van der Waals surface area contributed by atoms with Crippen LogP contribution in [0.5, 0.6) is 0 Å². The van der Waals surface area contributed by atoms with Crippen molar-refractivity contribution in [3.8, 4) is 0 Å². The summed E-state index contributed by atoms with van der Waals surface area (Å²) in [6, 6.07) is 0. The van der Waals surface area contributed by atoms with Gasteiger partial charge < -0.3 is 19.7 Å². The van der Waals surface area contributed by atoms with Crippen LogP contribution in [0.25, 0.3) is 0 Å². The molecule has 0 spiro atoms. The first kappa shape index (κ1) is 22.3. The zero-order valence-corrected chi connectivity index (χ0v) is 18.1. The van der Waals surface area contributed by atoms with Crippen LogP contribution in [0.4, 0.5) is 0 Å². The first-order chi connectivity index (χ1) is 12.9. The fourth-order valence-electron chi connectivity index (χ4n) is 3.63. The molecule has 0 saturated carbocycles. The van der Waals surface area contributed by atoms with E-state index in [1.54, 1.807) is 50.7 Å². The molecule has 0 bridgehead atoms. The Balaban J connectivity index is 2.45. The summed E-state index contributed by atoms with van der Waals surface area (Å²) in [5.74, 6) is 0. The Morgan fingerprint density at radius 3 is 1.96 bits per heavy atom. The van der Waals surface area contributed by atoms with Crippen LogP contribution in [0.3, 0.4) is 0 Å². The highest BCUT2D eigenvalue weighted by Crippen LogP contribution is 2.36. The maximum absolute atomic E-state index is 13.2. The Kier molecular flexibility index (Phi) is 6.48. The van der Waals surface area contributed by atoms with Gasteiger partial charge in [0, 0.05) is 37.0 Å². The number of ether oxygens (including phenoxy) is 2. The van der Waals surface area contributed by atoms with E-state index in [4.69, 9.17) is 9.47 Å². The summed E-state index contributed by atoms with van der Waals surface area (Å²) in [5.41, 5.74) is 0.951. The van der Waals surface area contributed by atoms with E-state index in [1.807, 2.05) is 41.5 Å². The summed E-state index contributed by atoms with van der Waals surface area (Å²) < 4.78 is 12.0. The topological polar surface area (TPSA) is 64.8 Å². The normalized spacial score (nSPS) is 22.9. The van der Waals surface area contributed by atoms with Gasteiger partial charge in [0.05, 0.1) is 4.76 Å². The summed E-state index contributed by atoms with van der Waals surface area (Å²) >= 11 is 0. The maximum atomic E-state index is 13.2. The number of nitrogens with zero attached hydrogens (tertiary/aromatic N) is 2. The highest BCUT2D eigenvalue weighted by atomic mass is 16.5. The highest BCUT2D eigenvalue weighted by Gasteiger charge is 2.41. The highest BCUT2D eigenvalue weighted by molar-refractivity contribution is 5.41. The van der Waals surface area contributed by atoms with Crippen molar-refractivity contribution in [3.05, 3.63) is 69.4 Å². The quantitative estimate of drug-likeness (QED) is 0.647. The number of nitroso groups, excluding NO2 is 1. The molecule has 0 aromatic carbocycles. The number of rotatable bonds is 4. The number of hydroxylamine groups is 2. The second-order valence-electron chi connectivity index (χ2n) is 9.22. The molecular formula is C22H32N2O4. The number of hydrogen-bond donors (Lipinski definition) is 0. The summed E-state index contributed by atoms with van der Waals surface area (Å²) in [6.07, 6.45) is 9.52. The Morgan fingerprint density at radius 2 is 1.46 bits per heavy atom. The zero-order valence-electron chi connectivity index (χ0n) is 18.1. The van der Waals surface area contributed by atoms with Crippen LogP contribution in [0, 0.1) is 20.9 Å². The van der Waals surface area contributed by atoms with Gasteiger partial charge in [-0.1, -0.05) is 47.6 Å². The summed E-state index contributed by atoms with van der Waals surface area (Å²) in [5, 5.41) is 14.0. The van der Waals surface area contributed by atoms with Crippen LogP contribution >= 0.6 is 0 Å². The Hall–Kier alpha value is -2.02. The van der Waals surface area contributed by atoms with Gasteiger partial charge in [0.2, 0.25) is 0 Å². The van der Waals surface area contributed by atoms with Crippen LogP contribution in [-0.4, -0.2) is 36.3 Å². The van der Waals surface area contributed by atoms with E-state index in [2.05, 4.69) is 0 Å². The minimum absolute atomic E-state index is 0.276. The number of hydrogen-bond acceptors (Lipinski definition) is 5. The van der Waals surface area contributed by atoms with Gasteiger partial charge in [0.15, 0.2) is 6.10 Å². The van der Waals surface area contributed by atoms with Gasteiger partial charge in [-0.3, -0.25) is 0 Å². The van der Waals surface area contributed by atoms with E-state index in [0.29, 0.717) is 11.4 Å². The molecule has 0 aromatic rings. The van der Waals surface area contributed by atoms with E-state index in [-0.39, 0.29) is 22.2 Å². The summed E-state index contributed by atoms with van der Waals surface area (Å²) in [4.78, 5) is 13.2. The largest absolute Gasteiger partial charge is 0.754 e. The summed E-state index contributed by atoms with van der Waals surface area (Å²) in [6.45, 7) is 12.1. The van der Waals surface area contributed by atoms with Crippen molar-refractivity contribution in [2.24, 2.45) is 10.8 Å². The molecule has 0 aromatic heterocycles. The van der Waals surface area contributed by atoms with E-state index >= 15 is 0 Å². The van der Waals surface area contributed by atoms with Crippen molar-refractivity contribution in [2.75, 3.05) is 14.2 Å². The first-order valence-corrected chi connectivity index (χ1v) is 9.44. The van der Waals surface area contributed by atoms with E-state index in [9.17, 15) is 10.1 Å². The molecule has 0 unspecified atom stereocenters. The molecule has 6 heteroatoms. The molecule has 2 atom stereocenters. The lowest BCUT2D eigenvalue weighted by Gasteiger charge is -2.42. The molecule has 0 fully saturated rings. The molecule has 0 amide bonds. The van der Waals surface area contributed by atoms with Crippen molar-refractivity contribution >= 4 is 0 Å². The van der Waals surface area contributed by atoms with E-state index in [0.717, 1.165) is 9.82 Å². The van der Waals surface area contributed by atoms with Crippen molar-refractivity contribution < 1.29 is 14.2 Å². The Morgan fingerprint density at radius 1 is 0.929 bits per heavy atom. The molecular weight excluding hydrogens is 356 g/mol. The smallest absolute Gasteiger partial charge is 0.285 e. The fourth-order valence-corrected chi connectivity index (χ4v) is 3.63. The second kappa shape index (κ2) is 8.15. The van der Waals surface area contributed by atoms with Crippen LogP contribution < -0.4 is 0 Å². The van der Waals surface area contributed by atoms with Crippen molar-refractivity contribution in [1.29, 1.82) is 0 Å². The van der Waals surface area contributed by atoms with Gasteiger partial charge in [-0.15, -0.1) is 0 Å². The third-order valence-electron chi connectivity index (χ3n) is 4.79. The molecule has 2 aliphatic rings. The van der Waals surface area contributed by atoms with Gasteiger partial charge in [0.1, 0.15) is 11.8 Å². The van der Waals surface area contributed by atoms with Crippen molar-refractivity contribution in [1.82, 2.24) is 5.06 Å². The predicted octanol–water partition coefficient (Wildman–Crippen LogP) is 4.81. The molecule has 0 N–H and O–H groups in total. The third-order valence-corrected chi connectivity index (χ3v) is 4.79. The predicted molar refractivity (Wildman–Crippen MR) is 111 cm³/mol. The van der Waals surface area contributed by atoms with Gasteiger partial charge in [0.25, 0.3) is 11.4 Å². The molecule has 0 saturated heterocycles. The molecule has 2 heterocycles. The standard InChI is InChI=1S/C22H32N2O4/c1-21(2,3)19(27-7)17-13-9-11-15(23(17)25)16-12-10-14-18(24(16)26)20(28-8)22(4,5)6/h9-14,19-20H,1-8H3/t19-,20-/m0/s1. The van der Waals surface area contributed by atoms with Crippen LogP contribution in [-0.2, 0) is 9.47 Å². The van der Waals surface area contributed by atoms with Gasteiger partial charge in [-0.2, -0.15) is 0 Å². The SMILES string of the molecule is CO[C@@H](C1=CC=CC(=C2C=CC=C([C@H](OC)C(C)(C)C)[N+]2=O)N1[O-])C(C)(C)C. The minimum atomic E-state index is -0.408. The average Bonchev–Trinajstić information content (AvgIpc) is 2.57. The van der Waals surface area contributed by atoms with Gasteiger partial charge in [-0.05, 0) is 29.1 Å². The third kappa shape index (κ3) is 4.35. The number of methoxy groups -OCH3 is 2. The van der Waals surface area contributed by atoms with Gasteiger partial charge in [-0.25, -0.2) is 0 Å². The molecule has 2 rings (SSSR count). The lowest BCUT2D eigenvalue weighted by molar-refractivity contribution is -0.457. The van der Waals surface area contributed by atoms with Crippen molar-refractivity contribution in [2.45, 2.75) is 53.8 Å². The van der Waals surface area contributed by atoms with Crippen molar-refractivity contribution in [3.63, 3.8) is 0 Å². The molecule has 154 valence electrons. The van der Waals surface area contributed by atoms with Gasteiger partial charge >= 0.3 is 0 Å². The fraction of sp³-hybridized carbons (Fsp3) is 0.545. The zero-order chi connectivity index (χ0) is 21.3. The summed E-state index contributed by atoms with van der Waals surface area (Å²) in [7, 11) is 3.17. The monoisotopic (exact) mass is 388 g/mol. The maximum Gasteiger partial charge on any atom is 0.285 e. The van der Waals surface area contributed by atoms with Crippen LogP contribution in [0.2, 0.25) is 0 Å². The molecule has 0 aliphatic carbocycles. The van der Waals surface area contributed by atoms with E-state index in [1.165, 1.54) is 0 Å². The van der Waals surface area contributed by atoms with Crippen LogP contribution in [0.1, 0.15) is 41.5 Å². The lowest BCUT2D eigenvalue weighted by Crippen LogP contribution is -2.38. The Bertz CT molecular complexity index is 773. The molecule has 28 heavy (non-hydrogen) atoms. The first-order valence-electron chi connectivity index (χ1n) is 9.44. The molecule has 6 nitrogen and oxygen atoms in total. The second-order valence-corrected chi connectivity index (χ2v) is 9.22. The number of allylic oxidation sites excluding steroid dienone is 6. The van der Waals surface area contributed by atoms with E-state index < -0.39 is 12.2 Å².